The Hall–Kier alpha value is -1.56. The Morgan fingerprint density at radius 1 is 0.619 bits per heavy atom. The molecule has 0 heterocycles. The van der Waals surface area contributed by atoms with E-state index >= 15 is 0 Å². The van der Waals surface area contributed by atoms with E-state index in [1.54, 1.807) is 0 Å². The van der Waals surface area contributed by atoms with Crippen LogP contribution in [-0.4, -0.2) is 0 Å². The molecule has 2 aromatic carbocycles. The van der Waals surface area contributed by atoms with Crippen molar-refractivity contribution in [1.29, 1.82) is 0 Å². The van der Waals surface area contributed by atoms with Crippen LogP contribution in [0.5, 0.6) is 0 Å². The second-order valence-electron chi connectivity index (χ2n) is 8.09. The van der Waals surface area contributed by atoms with Gasteiger partial charge >= 0.3 is 0 Å². The third-order valence-corrected chi connectivity index (χ3v) is 4.02. The molecule has 0 bridgehead atoms. The first kappa shape index (κ1) is 15.8. The Balaban J connectivity index is 2.79. The predicted octanol–water partition coefficient (Wildman–Crippen LogP) is 6.26. The Morgan fingerprint density at radius 2 is 1.05 bits per heavy atom. The third-order valence-electron chi connectivity index (χ3n) is 4.02. The molecule has 2 aromatic rings. The number of hydrogen-bond acceptors (Lipinski definition) is 0. The van der Waals surface area contributed by atoms with Gasteiger partial charge in [0, 0.05) is 0 Å². The molecule has 112 valence electrons. The molecule has 0 atom stereocenters. The fourth-order valence-electron chi connectivity index (χ4n) is 2.83. The first-order valence-electron chi connectivity index (χ1n) is 7.82. The van der Waals surface area contributed by atoms with Crippen molar-refractivity contribution in [3.63, 3.8) is 0 Å². The summed E-state index contributed by atoms with van der Waals surface area (Å²) >= 11 is 0. The summed E-state index contributed by atoms with van der Waals surface area (Å²) in [4.78, 5) is 0. The van der Waals surface area contributed by atoms with E-state index in [2.05, 4.69) is 90.9 Å². The molecular weight excluding hydrogens is 252 g/mol. The second kappa shape index (κ2) is 5.33. The van der Waals surface area contributed by atoms with Gasteiger partial charge in [-0.25, -0.2) is 0 Å². The molecule has 0 amide bonds. The van der Waals surface area contributed by atoms with Gasteiger partial charge < -0.3 is 0 Å². The summed E-state index contributed by atoms with van der Waals surface area (Å²) < 4.78 is 0. The third kappa shape index (κ3) is 3.37. The van der Waals surface area contributed by atoms with Gasteiger partial charge in [0.15, 0.2) is 0 Å². The lowest BCUT2D eigenvalue weighted by molar-refractivity contribution is 0.572. The van der Waals surface area contributed by atoms with Crippen LogP contribution in [0.4, 0.5) is 0 Å². The van der Waals surface area contributed by atoms with E-state index in [9.17, 15) is 0 Å². The molecule has 21 heavy (non-hydrogen) atoms. The normalized spacial score (nSPS) is 12.5. The summed E-state index contributed by atoms with van der Waals surface area (Å²) in [7, 11) is 0. The van der Waals surface area contributed by atoms with Crippen molar-refractivity contribution < 1.29 is 0 Å². The molecule has 0 fully saturated rings. The predicted molar refractivity (Wildman–Crippen MR) is 94.0 cm³/mol. The van der Waals surface area contributed by atoms with Crippen molar-refractivity contribution in [3.8, 4) is 11.1 Å². The molecule has 0 heteroatoms. The highest BCUT2D eigenvalue weighted by atomic mass is 14.3. The average molecular weight is 280 g/mol. The van der Waals surface area contributed by atoms with Gasteiger partial charge in [-0.2, -0.15) is 0 Å². The lowest BCUT2D eigenvalue weighted by atomic mass is 9.74. The van der Waals surface area contributed by atoms with Crippen LogP contribution in [0.3, 0.4) is 0 Å². The highest BCUT2D eigenvalue weighted by molar-refractivity contribution is 5.73. The summed E-state index contributed by atoms with van der Waals surface area (Å²) in [6, 6.07) is 15.7. The summed E-state index contributed by atoms with van der Waals surface area (Å²) in [6.07, 6.45) is 0. The van der Waals surface area contributed by atoms with Gasteiger partial charge in [-0.1, -0.05) is 89.6 Å². The van der Waals surface area contributed by atoms with Crippen LogP contribution in [0.1, 0.15) is 58.2 Å². The van der Waals surface area contributed by atoms with E-state index in [-0.39, 0.29) is 10.8 Å². The Morgan fingerprint density at radius 3 is 1.43 bits per heavy atom. The average Bonchev–Trinajstić information content (AvgIpc) is 2.37. The molecule has 0 saturated heterocycles. The maximum absolute atomic E-state index is 2.30. The minimum absolute atomic E-state index is 0.140. The molecule has 2 rings (SSSR count). The standard InChI is InChI=1S/C21H28/c1-15-11-13-16(14-12-15)19-17(20(2,3)4)9-8-10-18(19)21(5,6)7/h8-14H,1-7H3. The van der Waals surface area contributed by atoms with Gasteiger partial charge in [0.1, 0.15) is 0 Å². The van der Waals surface area contributed by atoms with Crippen LogP contribution >= 0.6 is 0 Å². The number of benzene rings is 2. The zero-order valence-corrected chi connectivity index (χ0v) is 14.5. The Bertz CT molecular complexity index is 584. The van der Waals surface area contributed by atoms with Crippen LogP contribution in [0.15, 0.2) is 42.5 Å². The molecule has 0 saturated carbocycles. The summed E-state index contributed by atoms with van der Waals surface area (Å²) in [5.41, 5.74) is 7.19. The van der Waals surface area contributed by atoms with Crippen LogP contribution in [-0.2, 0) is 10.8 Å². The molecule has 0 aromatic heterocycles. The second-order valence-corrected chi connectivity index (χ2v) is 8.09. The van der Waals surface area contributed by atoms with E-state index in [1.807, 2.05) is 0 Å². The van der Waals surface area contributed by atoms with E-state index in [1.165, 1.54) is 27.8 Å². The summed E-state index contributed by atoms with van der Waals surface area (Å²) in [5.74, 6) is 0. The maximum Gasteiger partial charge on any atom is -0.0109 e. The zero-order valence-electron chi connectivity index (χ0n) is 14.5. The van der Waals surface area contributed by atoms with Crippen molar-refractivity contribution in [2.45, 2.75) is 59.3 Å². The molecule has 0 radical (unpaired) electrons. The van der Waals surface area contributed by atoms with Crippen molar-refractivity contribution in [2.24, 2.45) is 0 Å². The molecule has 0 aliphatic rings. The SMILES string of the molecule is Cc1ccc(-c2c(C(C)(C)C)cccc2C(C)(C)C)cc1. The fourth-order valence-corrected chi connectivity index (χ4v) is 2.83. The van der Waals surface area contributed by atoms with Crippen molar-refractivity contribution in [1.82, 2.24) is 0 Å². The first-order valence-corrected chi connectivity index (χ1v) is 7.82. The van der Waals surface area contributed by atoms with Gasteiger partial charge in [0.05, 0.1) is 0 Å². The van der Waals surface area contributed by atoms with Gasteiger partial charge in [0.25, 0.3) is 0 Å². The van der Waals surface area contributed by atoms with E-state index in [4.69, 9.17) is 0 Å². The molecule has 0 nitrogen and oxygen atoms in total. The quantitative estimate of drug-likeness (QED) is 0.578. The van der Waals surface area contributed by atoms with E-state index in [0.29, 0.717) is 0 Å². The first-order chi connectivity index (χ1) is 9.60. The molecule has 0 unspecified atom stereocenters. The molecule has 0 spiro atoms. The van der Waals surface area contributed by atoms with Crippen molar-refractivity contribution in [2.75, 3.05) is 0 Å². The minimum atomic E-state index is 0.140. The lowest BCUT2D eigenvalue weighted by Crippen LogP contribution is -2.19. The van der Waals surface area contributed by atoms with Gasteiger partial charge in [-0.05, 0) is 40.0 Å². The Labute approximate surface area is 130 Å². The van der Waals surface area contributed by atoms with Crippen LogP contribution in [0.25, 0.3) is 11.1 Å². The monoisotopic (exact) mass is 280 g/mol. The smallest absolute Gasteiger partial charge is 0.0109 e. The van der Waals surface area contributed by atoms with Crippen LogP contribution in [0.2, 0.25) is 0 Å². The highest BCUT2D eigenvalue weighted by Crippen LogP contribution is 2.40. The van der Waals surface area contributed by atoms with Gasteiger partial charge in [0.2, 0.25) is 0 Å². The maximum atomic E-state index is 2.30. The largest absolute Gasteiger partial charge is 0.0616 e. The van der Waals surface area contributed by atoms with Crippen LogP contribution in [0, 0.1) is 6.92 Å². The van der Waals surface area contributed by atoms with E-state index in [0.717, 1.165) is 0 Å². The van der Waals surface area contributed by atoms with E-state index < -0.39 is 0 Å². The minimum Gasteiger partial charge on any atom is -0.0616 e. The summed E-state index contributed by atoms with van der Waals surface area (Å²) in [5, 5.41) is 0. The van der Waals surface area contributed by atoms with Gasteiger partial charge in [-0.3, -0.25) is 0 Å². The van der Waals surface area contributed by atoms with Crippen LogP contribution < -0.4 is 0 Å². The molecule has 0 N–H and O–H groups in total. The lowest BCUT2D eigenvalue weighted by Gasteiger charge is -2.30. The molecule has 0 aliphatic heterocycles. The number of rotatable bonds is 1. The van der Waals surface area contributed by atoms with Crippen molar-refractivity contribution >= 4 is 0 Å². The molecule has 0 aliphatic carbocycles. The fraction of sp³-hybridized carbons (Fsp3) is 0.429. The van der Waals surface area contributed by atoms with Crippen molar-refractivity contribution in [3.05, 3.63) is 59.2 Å². The number of hydrogen-bond donors (Lipinski definition) is 0. The molecular formula is C21H28. The van der Waals surface area contributed by atoms with Gasteiger partial charge in [-0.15, -0.1) is 0 Å². The topological polar surface area (TPSA) is 0 Å². The zero-order chi connectivity index (χ0) is 15.8. The highest BCUT2D eigenvalue weighted by Gasteiger charge is 2.25. The Kier molecular flexibility index (Phi) is 4.02. The summed E-state index contributed by atoms with van der Waals surface area (Å²) in [6.45, 7) is 15.9. The number of aryl methyl sites for hydroxylation is 1.